The van der Waals surface area contributed by atoms with Crippen molar-refractivity contribution in [3.05, 3.63) is 0 Å². The molecule has 0 rings (SSSR count). The number of rotatable bonds is 6. The zero-order valence-corrected chi connectivity index (χ0v) is 8.56. The molecule has 0 saturated carbocycles. The van der Waals surface area contributed by atoms with E-state index in [1.807, 2.05) is 6.92 Å². The minimum atomic E-state index is 0.210. The lowest BCUT2D eigenvalue weighted by Gasteiger charge is -2.15. The molecule has 0 spiro atoms. The van der Waals surface area contributed by atoms with Crippen LogP contribution < -0.4 is 5.32 Å². The Hall–Kier alpha value is -0.480. The molecule has 0 radical (unpaired) electrons. The Morgan fingerprint density at radius 3 is 2.50 bits per heavy atom. The number of unbranched alkanes of at least 4 members (excludes halogenated alkanes) is 2. The lowest BCUT2D eigenvalue weighted by molar-refractivity contribution is 0.472. The molecule has 0 aliphatic carbocycles. The average molecular weight is 167 g/mol. The SMILES string of the molecule is C#C[C@@H](C)NC(C)CCCCC. The van der Waals surface area contributed by atoms with Gasteiger partial charge < -0.3 is 5.32 Å². The predicted octanol–water partition coefficient (Wildman–Crippen LogP) is 2.57. The molecule has 2 atom stereocenters. The minimum absolute atomic E-state index is 0.210. The van der Waals surface area contributed by atoms with E-state index in [9.17, 15) is 0 Å². The van der Waals surface area contributed by atoms with Gasteiger partial charge in [-0.15, -0.1) is 6.42 Å². The van der Waals surface area contributed by atoms with Crippen molar-refractivity contribution in [2.24, 2.45) is 0 Å². The number of terminal acetylenes is 1. The van der Waals surface area contributed by atoms with E-state index in [0.29, 0.717) is 6.04 Å². The van der Waals surface area contributed by atoms with E-state index < -0.39 is 0 Å². The summed E-state index contributed by atoms with van der Waals surface area (Å²) < 4.78 is 0. The first-order chi connectivity index (χ1) is 5.70. The number of nitrogens with one attached hydrogen (secondary N) is 1. The van der Waals surface area contributed by atoms with Crippen LogP contribution in [0.5, 0.6) is 0 Å². The van der Waals surface area contributed by atoms with Crippen LogP contribution in [-0.2, 0) is 0 Å². The van der Waals surface area contributed by atoms with Gasteiger partial charge in [-0.05, 0) is 20.3 Å². The van der Waals surface area contributed by atoms with Crippen molar-refractivity contribution in [2.75, 3.05) is 0 Å². The molecule has 0 bridgehead atoms. The van der Waals surface area contributed by atoms with Gasteiger partial charge in [-0.1, -0.05) is 32.1 Å². The Balaban J connectivity index is 3.34. The molecule has 1 heteroatoms. The highest BCUT2D eigenvalue weighted by Gasteiger charge is 2.03. The van der Waals surface area contributed by atoms with Crippen LogP contribution in [0, 0.1) is 12.3 Å². The molecule has 0 saturated heterocycles. The molecule has 0 aromatic carbocycles. The third-order valence-electron chi connectivity index (χ3n) is 2.03. The molecular formula is C11H21N. The van der Waals surface area contributed by atoms with Crippen molar-refractivity contribution in [1.29, 1.82) is 0 Å². The van der Waals surface area contributed by atoms with E-state index in [0.717, 1.165) is 0 Å². The fourth-order valence-corrected chi connectivity index (χ4v) is 1.26. The third kappa shape index (κ3) is 6.24. The smallest absolute Gasteiger partial charge is 0.0660 e. The summed E-state index contributed by atoms with van der Waals surface area (Å²) in [6.45, 7) is 6.45. The molecule has 12 heavy (non-hydrogen) atoms. The Bertz CT molecular complexity index is 134. The molecule has 70 valence electrons. The average Bonchev–Trinajstić information content (AvgIpc) is 2.05. The van der Waals surface area contributed by atoms with Crippen LogP contribution >= 0.6 is 0 Å². The lowest BCUT2D eigenvalue weighted by Crippen LogP contribution is -2.33. The highest BCUT2D eigenvalue weighted by Crippen LogP contribution is 2.03. The summed E-state index contributed by atoms with van der Waals surface area (Å²) >= 11 is 0. The second kappa shape index (κ2) is 7.18. The van der Waals surface area contributed by atoms with Gasteiger partial charge in [0.1, 0.15) is 0 Å². The standard InChI is InChI=1S/C11H21N/c1-5-7-8-9-11(4)12-10(3)6-2/h2,10-12H,5,7-9H2,1,3-4H3/t10-,11?/m1/s1. The van der Waals surface area contributed by atoms with Crippen LogP contribution in [-0.4, -0.2) is 12.1 Å². The molecule has 0 aromatic rings. The van der Waals surface area contributed by atoms with Crippen LogP contribution in [0.25, 0.3) is 0 Å². The van der Waals surface area contributed by atoms with E-state index >= 15 is 0 Å². The Kier molecular flexibility index (Phi) is 6.90. The topological polar surface area (TPSA) is 12.0 Å². The van der Waals surface area contributed by atoms with Gasteiger partial charge in [-0.2, -0.15) is 0 Å². The van der Waals surface area contributed by atoms with Crippen molar-refractivity contribution in [1.82, 2.24) is 5.32 Å². The van der Waals surface area contributed by atoms with Crippen LogP contribution in [0.2, 0.25) is 0 Å². The van der Waals surface area contributed by atoms with Crippen molar-refractivity contribution in [2.45, 2.75) is 58.5 Å². The highest BCUT2D eigenvalue weighted by molar-refractivity contribution is 4.96. The first kappa shape index (κ1) is 11.5. The summed E-state index contributed by atoms with van der Waals surface area (Å²) in [6, 6.07) is 0.768. The quantitative estimate of drug-likeness (QED) is 0.473. The molecule has 1 nitrogen and oxygen atoms in total. The van der Waals surface area contributed by atoms with Crippen molar-refractivity contribution in [3.63, 3.8) is 0 Å². The zero-order chi connectivity index (χ0) is 9.40. The fourth-order valence-electron chi connectivity index (χ4n) is 1.26. The van der Waals surface area contributed by atoms with Gasteiger partial charge in [-0.25, -0.2) is 0 Å². The summed E-state index contributed by atoms with van der Waals surface area (Å²) in [6.07, 6.45) is 10.4. The van der Waals surface area contributed by atoms with E-state index in [4.69, 9.17) is 6.42 Å². The molecule has 1 unspecified atom stereocenters. The van der Waals surface area contributed by atoms with Gasteiger partial charge in [0.2, 0.25) is 0 Å². The van der Waals surface area contributed by atoms with Crippen molar-refractivity contribution >= 4 is 0 Å². The molecule has 0 aromatic heterocycles. The van der Waals surface area contributed by atoms with Crippen LogP contribution in [0.15, 0.2) is 0 Å². The number of hydrogen-bond acceptors (Lipinski definition) is 1. The summed E-state index contributed by atoms with van der Waals surface area (Å²) in [7, 11) is 0. The maximum atomic E-state index is 5.26. The van der Waals surface area contributed by atoms with Crippen LogP contribution in [0.1, 0.15) is 46.5 Å². The second-order valence-electron chi connectivity index (χ2n) is 3.45. The second-order valence-corrected chi connectivity index (χ2v) is 3.45. The van der Waals surface area contributed by atoms with Gasteiger partial charge in [0, 0.05) is 6.04 Å². The minimum Gasteiger partial charge on any atom is -0.301 e. The predicted molar refractivity (Wildman–Crippen MR) is 55.0 cm³/mol. The van der Waals surface area contributed by atoms with Crippen LogP contribution in [0.4, 0.5) is 0 Å². The summed E-state index contributed by atoms with van der Waals surface area (Å²) in [4.78, 5) is 0. The Morgan fingerprint density at radius 1 is 1.33 bits per heavy atom. The first-order valence-electron chi connectivity index (χ1n) is 4.92. The fraction of sp³-hybridized carbons (Fsp3) is 0.818. The maximum absolute atomic E-state index is 5.26. The van der Waals surface area contributed by atoms with E-state index in [1.165, 1.54) is 25.7 Å². The molecular weight excluding hydrogens is 146 g/mol. The van der Waals surface area contributed by atoms with Gasteiger partial charge in [0.15, 0.2) is 0 Å². The molecule has 0 amide bonds. The molecule has 1 N–H and O–H groups in total. The van der Waals surface area contributed by atoms with Gasteiger partial charge in [0.05, 0.1) is 6.04 Å². The third-order valence-corrected chi connectivity index (χ3v) is 2.03. The zero-order valence-electron chi connectivity index (χ0n) is 8.56. The monoisotopic (exact) mass is 167 g/mol. The van der Waals surface area contributed by atoms with Gasteiger partial charge in [-0.3, -0.25) is 0 Å². The summed E-state index contributed by atoms with van der Waals surface area (Å²) in [5, 5.41) is 3.35. The highest BCUT2D eigenvalue weighted by atomic mass is 14.9. The molecule has 0 fully saturated rings. The molecule has 0 aliphatic heterocycles. The van der Waals surface area contributed by atoms with E-state index in [2.05, 4.69) is 25.1 Å². The van der Waals surface area contributed by atoms with Crippen molar-refractivity contribution < 1.29 is 0 Å². The van der Waals surface area contributed by atoms with Crippen LogP contribution in [0.3, 0.4) is 0 Å². The lowest BCUT2D eigenvalue weighted by atomic mass is 10.1. The van der Waals surface area contributed by atoms with E-state index in [-0.39, 0.29) is 6.04 Å². The van der Waals surface area contributed by atoms with Crippen molar-refractivity contribution in [3.8, 4) is 12.3 Å². The first-order valence-corrected chi connectivity index (χ1v) is 4.92. The Labute approximate surface area is 76.9 Å². The molecule has 0 aliphatic rings. The van der Waals surface area contributed by atoms with E-state index in [1.54, 1.807) is 0 Å². The largest absolute Gasteiger partial charge is 0.301 e. The number of hydrogen-bond donors (Lipinski definition) is 1. The van der Waals surface area contributed by atoms with Gasteiger partial charge >= 0.3 is 0 Å². The van der Waals surface area contributed by atoms with Gasteiger partial charge in [0.25, 0.3) is 0 Å². The summed E-state index contributed by atoms with van der Waals surface area (Å²) in [5.41, 5.74) is 0. The normalized spacial score (nSPS) is 15.2. The maximum Gasteiger partial charge on any atom is 0.0660 e. The molecule has 0 heterocycles. The summed E-state index contributed by atoms with van der Waals surface area (Å²) in [5.74, 6) is 2.68. The Morgan fingerprint density at radius 2 is 2.00 bits per heavy atom.